The summed E-state index contributed by atoms with van der Waals surface area (Å²) in [5.74, 6) is -1.00. The van der Waals surface area contributed by atoms with Crippen LogP contribution in [-0.4, -0.2) is 24.2 Å². The fourth-order valence-electron chi connectivity index (χ4n) is 1.25. The number of carboxylic acids is 1. The van der Waals surface area contributed by atoms with Crippen molar-refractivity contribution in [2.24, 2.45) is 0 Å². The zero-order valence-electron chi connectivity index (χ0n) is 10.9. The fourth-order valence-corrected chi connectivity index (χ4v) is 1.25. The van der Waals surface area contributed by atoms with Gasteiger partial charge < -0.3 is 20.0 Å². The van der Waals surface area contributed by atoms with E-state index in [0.29, 0.717) is 13.0 Å². The van der Waals surface area contributed by atoms with Gasteiger partial charge in [0.1, 0.15) is 5.60 Å². The molecule has 0 aliphatic rings. The van der Waals surface area contributed by atoms with Gasteiger partial charge in [-0.15, -0.1) is 0 Å². The lowest BCUT2D eigenvalue weighted by Crippen LogP contribution is -2.32. The van der Waals surface area contributed by atoms with Gasteiger partial charge in [0, 0.05) is 12.5 Å². The summed E-state index contributed by atoms with van der Waals surface area (Å²) < 4.78 is 5.06. The lowest BCUT2D eigenvalue weighted by molar-refractivity contribution is -0.305. The van der Waals surface area contributed by atoms with Crippen LogP contribution in [0.25, 0.3) is 0 Å². The number of rotatable bonds is 7. The minimum atomic E-state index is -1.00. The number of nitrogens with one attached hydrogen (secondary N) is 1. The summed E-state index contributed by atoms with van der Waals surface area (Å²) >= 11 is 0. The van der Waals surface area contributed by atoms with Crippen molar-refractivity contribution >= 4 is 12.1 Å². The van der Waals surface area contributed by atoms with Crippen LogP contribution >= 0.6 is 0 Å². The summed E-state index contributed by atoms with van der Waals surface area (Å²) in [7, 11) is 0. The van der Waals surface area contributed by atoms with Gasteiger partial charge in [0.2, 0.25) is 0 Å². The number of ether oxygens (including phenoxy) is 1. The first-order valence-corrected chi connectivity index (χ1v) is 5.98. The molecule has 0 bridgehead atoms. The largest absolute Gasteiger partial charge is 0.550 e. The van der Waals surface area contributed by atoms with Crippen molar-refractivity contribution in [2.75, 3.05) is 6.54 Å². The second-order valence-corrected chi connectivity index (χ2v) is 4.96. The Labute approximate surface area is 103 Å². The zero-order chi connectivity index (χ0) is 13.3. The van der Waals surface area contributed by atoms with Gasteiger partial charge in [0.25, 0.3) is 0 Å². The average molecular weight is 244 g/mol. The number of carboxylic acid groups (broad SMARTS) is 1. The Morgan fingerprint density at radius 1 is 1.12 bits per heavy atom. The highest BCUT2D eigenvalue weighted by atomic mass is 16.6. The Hall–Kier alpha value is -1.26. The molecule has 100 valence electrons. The maximum absolute atomic E-state index is 11.2. The first-order valence-electron chi connectivity index (χ1n) is 5.98. The quantitative estimate of drug-likeness (QED) is 0.683. The van der Waals surface area contributed by atoms with Gasteiger partial charge in [-0.3, -0.25) is 0 Å². The second-order valence-electron chi connectivity index (χ2n) is 4.96. The fraction of sp³-hybridized carbons (Fsp3) is 0.833. The molecule has 5 heteroatoms. The molecule has 0 aromatic carbocycles. The number of alkyl carbamates (subject to hydrolysis) is 1. The van der Waals surface area contributed by atoms with Crippen LogP contribution in [-0.2, 0) is 9.53 Å². The molecule has 0 aromatic heterocycles. The molecule has 0 saturated heterocycles. The van der Waals surface area contributed by atoms with Crippen molar-refractivity contribution in [1.29, 1.82) is 0 Å². The van der Waals surface area contributed by atoms with Crippen LogP contribution in [0, 0.1) is 0 Å². The Bertz CT molecular complexity index is 245. The van der Waals surface area contributed by atoms with Crippen LogP contribution < -0.4 is 10.4 Å². The highest BCUT2D eigenvalue weighted by Crippen LogP contribution is 2.06. The zero-order valence-corrected chi connectivity index (χ0v) is 10.9. The topological polar surface area (TPSA) is 78.5 Å². The Kier molecular flexibility index (Phi) is 7.34. The van der Waals surface area contributed by atoms with Crippen LogP contribution in [0.1, 0.15) is 52.9 Å². The molecule has 0 heterocycles. The van der Waals surface area contributed by atoms with Gasteiger partial charge in [-0.05, 0) is 40.0 Å². The SMILES string of the molecule is CC(C)(C)OC(=O)NCCCCCCC(=O)[O-]. The van der Waals surface area contributed by atoms with Crippen molar-refractivity contribution in [2.45, 2.75) is 58.5 Å². The first kappa shape index (κ1) is 15.7. The van der Waals surface area contributed by atoms with Crippen molar-refractivity contribution in [1.82, 2.24) is 5.32 Å². The third-order valence-electron chi connectivity index (χ3n) is 1.98. The first-order chi connectivity index (χ1) is 7.81. The van der Waals surface area contributed by atoms with E-state index in [0.717, 1.165) is 19.3 Å². The lowest BCUT2D eigenvalue weighted by atomic mass is 10.1. The van der Waals surface area contributed by atoms with Crippen molar-refractivity contribution < 1.29 is 19.4 Å². The van der Waals surface area contributed by atoms with Crippen LogP contribution in [0.5, 0.6) is 0 Å². The van der Waals surface area contributed by atoms with E-state index in [1.165, 1.54) is 0 Å². The molecule has 1 amide bonds. The summed E-state index contributed by atoms with van der Waals surface area (Å²) in [5, 5.41) is 12.8. The van der Waals surface area contributed by atoms with E-state index < -0.39 is 17.7 Å². The van der Waals surface area contributed by atoms with E-state index in [4.69, 9.17) is 4.74 Å². The summed E-state index contributed by atoms with van der Waals surface area (Å²) in [5.41, 5.74) is -0.474. The van der Waals surface area contributed by atoms with Crippen LogP contribution in [0.3, 0.4) is 0 Å². The van der Waals surface area contributed by atoms with Gasteiger partial charge in [0.15, 0.2) is 0 Å². The smallest absolute Gasteiger partial charge is 0.407 e. The van der Waals surface area contributed by atoms with E-state index in [9.17, 15) is 14.7 Å². The molecule has 0 radical (unpaired) electrons. The summed E-state index contributed by atoms with van der Waals surface area (Å²) in [4.78, 5) is 21.3. The lowest BCUT2D eigenvalue weighted by Gasteiger charge is -2.19. The minimum absolute atomic E-state index is 0.111. The Balaban J connectivity index is 3.34. The normalized spacial score (nSPS) is 11.0. The Morgan fingerprint density at radius 3 is 2.24 bits per heavy atom. The van der Waals surface area contributed by atoms with Crippen molar-refractivity contribution in [3.63, 3.8) is 0 Å². The third-order valence-corrected chi connectivity index (χ3v) is 1.98. The van der Waals surface area contributed by atoms with Crippen molar-refractivity contribution in [3.8, 4) is 0 Å². The molecule has 0 spiro atoms. The third kappa shape index (κ3) is 12.7. The van der Waals surface area contributed by atoms with Crippen molar-refractivity contribution in [3.05, 3.63) is 0 Å². The number of hydrogen-bond acceptors (Lipinski definition) is 4. The molecule has 0 aromatic rings. The van der Waals surface area contributed by atoms with E-state index in [1.807, 2.05) is 20.8 Å². The second kappa shape index (κ2) is 7.92. The van der Waals surface area contributed by atoms with Gasteiger partial charge in [-0.1, -0.05) is 12.8 Å². The van der Waals surface area contributed by atoms with Gasteiger partial charge in [0.05, 0.1) is 0 Å². The molecule has 1 N–H and O–H groups in total. The highest BCUT2D eigenvalue weighted by molar-refractivity contribution is 5.67. The summed E-state index contributed by atoms with van der Waals surface area (Å²) in [6.45, 7) is 5.99. The highest BCUT2D eigenvalue weighted by Gasteiger charge is 2.15. The molecule has 0 atom stereocenters. The molecule has 0 saturated carbocycles. The molecule has 0 fully saturated rings. The molecule has 0 unspecified atom stereocenters. The number of hydrogen-bond donors (Lipinski definition) is 1. The molecule has 0 aliphatic heterocycles. The minimum Gasteiger partial charge on any atom is -0.550 e. The van der Waals surface area contributed by atoms with Gasteiger partial charge >= 0.3 is 6.09 Å². The summed E-state index contributed by atoms with van der Waals surface area (Å²) in [6, 6.07) is 0. The van der Waals surface area contributed by atoms with Crippen LogP contribution in [0.15, 0.2) is 0 Å². The van der Waals surface area contributed by atoms with E-state index in [1.54, 1.807) is 0 Å². The maximum Gasteiger partial charge on any atom is 0.407 e. The number of unbranched alkanes of at least 4 members (excludes halogenated alkanes) is 3. The van der Waals surface area contributed by atoms with E-state index in [-0.39, 0.29) is 6.42 Å². The standard InChI is InChI=1S/C12H23NO4/c1-12(2,3)17-11(16)13-9-7-5-4-6-8-10(14)15/h4-9H2,1-3H3,(H,13,16)(H,14,15)/p-1. The van der Waals surface area contributed by atoms with Gasteiger partial charge in [-0.2, -0.15) is 0 Å². The van der Waals surface area contributed by atoms with Crippen LogP contribution in [0.4, 0.5) is 4.79 Å². The number of carbonyl (C=O) groups is 2. The van der Waals surface area contributed by atoms with E-state index in [2.05, 4.69) is 5.32 Å². The molecule has 17 heavy (non-hydrogen) atoms. The van der Waals surface area contributed by atoms with E-state index >= 15 is 0 Å². The molecular formula is C12H22NO4-. The predicted molar refractivity (Wildman–Crippen MR) is 62.3 cm³/mol. The monoisotopic (exact) mass is 244 g/mol. The summed E-state index contributed by atoms with van der Waals surface area (Å²) in [6.07, 6.45) is 2.89. The average Bonchev–Trinajstić information content (AvgIpc) is 2.12. The molecular weight excluding hydrogens is 222 g/mol. The molecule has 5 nitrogen and oxygen atoms in total. The Morgan fingerprint density at radius 2 is 1.71 bits per heavy atom. The molecule has 0 aliphatic carbocycles. The number of amides is 1. The predicted octanol–water partition coefficient (Wildman–Crippen LogP) is 1.21. The maximum atomic E-state index is 11.2. The molecule has 0 rings (SSSR count). The van der Waals surface area contributed by atoms with Crippen LogP contribution in [0.2, 0.25) is 0 Å². The number of aliphatic carboxylic acids is 1. The number of carbonyl (C=O) groups excluding carboxylic acids is 2. The van der Waals surface area contributed by atoms with Gasteiger partial charge in [-0.25, -0.2) is 4.79 Å².